The monoisotopic (exact) mass is 292 g/mol. The fourth-order valence-electron chi connectivity index (χ4n) is 2.59. The Balaban J connectivity index is 1.94. The number of aliphatic hydroxyl groups excluding tert-OH is 1. The van der Waals surface area contributed by atoms with Crippen molar-refractivity contribution in [2.45, 2.75) is 37.5 Å². The number of carbonyl (C=O) groups excluding carboxylic acids is 1. The highest BCUT2D eigenvalue weighted by Crippen LogP contribution is 2.19. The first kappa shape index (κ1) is 15.5. The number of amides is 1. The van der Waals surface area contributed by atoms with E-state index in [9.17, 15) is 14.7 Å². The highest BCUT2D eigenvalue weighted by molar-refractivity contribution is 5.87. The first-order valence-corrected chi connectivity index (χ1v) is 7.00. The lowest BCUT2D eigenvalue weighted by Crippen LogP contribution is -2.48. The maximum Gasteiger partial charge on any atom is 0.326 e. The van der Waals surface area contributed by atoms with E-state index >= 15 is 0 Å². The lowest BCUT2D eigenvalue weighted by molar-refractivity contribution is -0.148. The molecule has 0 radical (unpaired) electrons. The van der Waals surface area contributed by atoms with Crippen LogP contribution in [-0.2, 0) is 16.0 Å². The summed E-state index contributed by atoms with van der Waals surface area (Å²) in [6.07, 6.45) is 0.368. The van der Waals surface area contributed by atoms with Crippen LogP contribution in [0.4, 0.5) is 0 Å². The predicted octanol–water partition coefficient (Wildman–Crippen LogP) is -0.00710. The second-order valence-corrected chi connectivity index (χ2v) is 5.36. The summed E-state index contributed by atoms with van der Waals surface area (Å²) >= 11 is 0. The van der Waals surface area contributed by atoms with Gasteiger partial charge in [0, 0.05) is 13.0 Å². The van der Waals surface area contributed by atoms with Gasteiger partial charge in [0.05, 0.1) is 12.1 Å². The van der Waals surface area contributed by atoms with Crippen molar-refractivity contribution in [2.24, 2.45) is 5.73 Å². The van der Waals surface area contributed by atoms with Crippen molar-refractivity contribution >= 4 is 11.9 Å². The third-order valence-corrected chi connectivity index (χ3v) is 3.75. The number of aliphatic hydroxyl groups is 1. The van der Waals surface area contributed by atoms with Gasteiger partial charge in [0.15, 0.2) is 0 Å². The van der Waals surface area contributed by atoms with E-state index in [1.807, 2.05) is 30.3 Å². The first-order valence-electron chi connectivity index (χ1n) is 7.00. The Morgan fingerprint density at radius 3 is 2.62 bits per heavy atom. The number of carbonyl (C=O) groups is 2. The molecule has 1 fully saturated rings. The SMILES string of the molecule is N[C@@H](CCc1ccccc1)C(=O)N1CC(O)C[C@H]1C(=O)O. The molecule has 0 bridgehead atoms. The van der Waals surface area contributed by atoms with Gasteiger partial charge in [-0.2, -0.15) is 0 Å². The Kier molecular flexibility index (Phi) is 4.93. The largest absolute Gasteiger partial charge is 0.480 e. The molecule has 1 amide bonds. The fraction of sp³-hybridized carbons (Fsp3) is 0.467. The van der Waals surface area contributed by atoms with Crippen molar-refractivity contribution < 1.29 is 19.8 Å². The van der Waals surface area contributed by atoms with Gasteiger partial charge in [-0.3, -0.25) is 4.79 Å². The van der Waals surface area contributed by atoms with E-state index in [0.717, 1.165) is 5.56 Å². The molecular formula is C15H20N2O4. The number of aryl methyl sites for hydroxylation is 1. The summed E-state index contributed by atoms with van der Waals surface area (Å²) in [5.74, 6) is -1.51. The number of carboxylic acid groups (broad SMARTS) is 1. The van der Waals surface area contributed by atoms with Crippen LogP contribution >= 0.6 is 0 Å². The average Bonchev–Trinajstić information content (AvgIpc) is 2.87. The Bertz CT molecular complexity index is 506. The number of rotatable bonds is 5. The van der Waals surface area contributed by atoms with E-state index in [-0.39, 0.29) is 13.0 Å². The van der Waals surface area contributed by atoms with Gasteiger partial charge in [0.25, 0.3) is 0 Å². The summed E-state index contributed by atoms with van der Waals surface area (Å²) in [6.45, 7) is 0.0365. The van der Waals surface area contributed by atoms with Crippen molar-refractivity contribution in [3.8, 4) is 0 Å². The Morgan fingerprint density at radius 1 is 1.33 bits per heavy atom. The Labute approximate surface area is 123 Å². The summed E-state index contributed by atoms with van der Waals surface area (Å²) in [5, 5.41) is 18.7. The lowest BCUT2D eigenvalue weighted by Gasteiger charge is -2.24. The number of nitrogens with two attached hydrogens (primary N) is 1. The van der Waals surface area contributed by atoms with Gasteiger partial charge in [-0.1, -0.05) is 30.3 Å². The molecule has 1 aromatic rings. The van der Waals surface area contributed by atoms with Crippen molar-refractivity contribution in [1.29, 1.82) is 0 Å². The molecule has 1 aromatic carbocycles. The van der Waals surface area contributed by atoms with Gasteiger partial charge < -0.3 is 20.8 Å². The summed E-state index contributed by atoms with van der Waals surface area (Å²) in [7, 11) is 0. The molecule has 0 saturated carbocycles. The highest BCUT2D eigenvalue weighted by Gasteiger charge is 2.40. The summed E-state index contributed by atoms with van der Waals surface area (Å²) in [4.78, 5) is 24.6. The van der Waals surface area contributed by atoms with E-state index < -0.39 is 30.1 Å². The van der Waals surface area contributed by atoms with Crippen LogP contribution < -0.4 is 5.73 Å². The molecule has 6 heteroatoms. The number of aliphatic carboxylic acids is 1. The van der Waals surface area contributed by atoms with Crippen molar-refractivity contribution in [3.63, 3.8) is 0 Å². The number of hydrogen-bond acceptors (Lipinski definition) is 4. The van der Waals surface area contributed by atoms with Crippen molar-refractivity contribution in [2.75, 3.05) is 6.54 Å². The Morgan fingerprint density at radius 2 is 2.00 bits per heavy atom. The van der Waals surface area contributed by atoms with E-state index in [4.69, 9.17) is 10.8 Å². The van der Waals surface area contributed by atoms with E-state index in [0.29, 0.717) is 12.8 Å². The highest BCUT2D eigenvalue weighted by atomic mass is 16.4. The molecule has 1 unspecified atom stereocenters. The predicted molar refractivity (Wildman–Crippen MR) is 76.5 cm³/mol. The topological polar surface area (TPSA) is 104 Å². The van der Waals surface area contributed by atoms with Gasteiger partial charge in [0.1, 0.15) is 6.04 Å². The molecule has 2 rings (SSSR count). The van der Waals surface area contributed by atoms with Gasteiger partial charge >= 0.3 is 5.97 Å². The maximum atomic E-state index is 12.3. The van der Waals surface area contributed by atoms with Crippen LogP contribution in [-0.4, -0.2) is 51.7 Å². The molecule has 21 heavy (non-hydrogen) atoms. The smallest absolute Gasteiger partial charge is 0.326 e. The van der Waals surface area contributed by atoms with Crippen molar-refractivity contribution in [1.82, 2.24) is 4.90 Å². The number of hydrogen-bond donors (Lipinski definition) is 3. The summed E-state index contributed by atoms with van der Waals surface area (Å²) in [6, 6.07) is 7.93. The standard InChI is InChI=1S/C15H20N2O4/c16-12(7-6-10-4-2-1-3-5-10)14(19)17-9-11(18)8-13(17)15(20)21/h1-5,11-13,18H,6-9,16H2,(H,20,21)/t11?,12-,13-/m0/s1. The number of likely N-dealkylation sites (tertiary alicyclic amines) is 1. The molecule has 6 nitrogen and oxygen atoms in total. The molecule has 0 aliphatic carbocycles. The molecule has 0 aromatic heterocycles. The van der Waals surface area contributed by atoms with E-state index in [1.54, 1.807) is 0 Å². The molecule has 1 aliphatic heterocycles. The average molecular weight is 292 g/mol. The van der Waals surface area contributed by atoms with Crippen LogP contribution in [0.5, 0.6) is 0 Å². The fourth-order valence-corrected chi connectivity index (χ4v) is 2.59. The zero-order valence-corrected chi connectivity index (χ0v) is 11.7. The third-order valence-electron chi connectivity index (χ3n) is 3.75. The minimum atomic E-state index is -1.10. The molecule has 1 heterocycles. The Hall–Kier alpha value is -1.92. The zero-order valence-electron chi connectivity index (χ0n) is 11.7. The first-order chi connectivity index (χ1) is 9.99. The van der Waals surface area contributed by atoms with Crippen LogP contribution in [0.1, 0.15) is 18.4 Å². The van der Waals surface area contributed by atoms with E-state index in [1.165, 1.54) is 4.90 Å². The van der Waals surface area contributed by atoms with Crippen LogP contribution in [0.15, 0.2) is 30.3 Å². The quantitative estimate of drug-likeness (QED) is 0.708. The number of carboxylic acids is 1. The molecule has 0 spiro atoms. The van der Waals surface area contributed by atoms with Crippen LogP contribution in [0.3, 0.4) is 0 Å². The second kappa shape index (κ2) is 6.69. The normalized spacial score (nSPS) is 23.0. The maximum absolute atomic E-state index is 12.3. The molecule has 4 N–H and O–H groups in total. The van der Waals surface area contributed by atoms with Gasteiger partial charge in [-0.25, -0.2) is 4.79 Å². The van der Waals surface area contributed by atoms with Gasteiger partial charge in [-0.05, 0) is 18.4 Å². The van der Waals surface area contributed by atoms with Crippen LogP contribution in [0, 0.1) is 0 Å². The molecule has 1 aliphatic rings. The van der Waals surface area contributed by atoms with Gasteiger partial charge in [0.2, 0.25) is 5.91 Å². The molecule has 1 saturated heterocycles. The molecule has 114 valence electrons. The zero-order chi connectivity index (χ0) is 15.4. The van der Waals surface area contributed by atoms with Crippen molar-refractivity contribution in [3.05, 3.63) is 35.9 Å². The summed E-state index contributed by atoms with van der Waals surface area (Å²) < 4.78 is 0. The lowest BCUT2D eigenvalue weighted by atomic mass is 10.0. The molecule has 3 atom stereocenters. The second-order valence-electron chi connectivity index (χ2n) is 5.36. The minimum Gasteiger partial charge on any atom is -0.480 e. The summed E-state index contributed by atoms with van der Waals surface area (Å²) in [5.41, 5.74) is 6.97. The van der Waals surface area contributed by atoms with Gasteiger partial charge in [-0.15, -0.1) is 0 Å². The van der Waals surface area contributed by atoms with Crippen LogP contribution in [0.25, 0.3) is 0 Å². The molecular weight excluding hydrogens is 272 g/mol. The number of nitrogens with zero attached hydrogens (tertiary/aromatic N) is 1. The van der Waals surface area contributed by atoms with Crippen LogP contribution in [0.2, 0.25) is 0 Å². The number of β-amino-alcohol motifs (C(OH)–C–C–N with tert-alkyl or cyclic N) is 1. The third kappa shape index (κ3) is 3.80. The number of benzene rings is 1. The minimum absolute atomic E-state index is 0.0365. The van der Waals surface area contributed by atoms with E-state index in [2.05, 4.69) is 0 Å².